The van der Waals surface area contributed by atoms with Gasteiger partial charge in [0.25, 0.3) is 5.24 Å². The first-order valence-corrected chi connectivity index (χ1v) is 20.6. The van der Waals surface area contributed by atoms with Gasteiger partial charge in [-0.1, -0.05) is 135 Å². The Balaban J connectivity index is 4.39. The first-order chi connectivity index (χ1) is 23.0. The van der Waals surface area contributed by atoms with E-state index in [1.165, 1.54) is 88.8 Å². The maximum atomic E-state index is 12.8. The predicted molar refractivity (Wildman–Crippen MR) is 201 cm³/mol. The lowest BCUT2D eigenvalue weighted by Crippen LogP contribution is -2.31. The van der Waals surface area contributed by atoms with Crippen LogP contribution in [0.3, 0.4) is 0 Å². The van der Waals surface area contributed by atoms with Crippen LogP contribution in [0.2, 0.25) is 0 Å². The number of nitrogens with zero attached hydrogens (tertiary/aromatic N) is 1. The Morgan fingerprint density at radius 1 is 0.638 bits per heavy atom. The molecule has 1 amide bonds. The molecule has 276 valence electrons. The second-order valence-electron chi connectivity index (χ2n) is 13.0. The minimum absolute atomic E-state index is 0.0207. The number of allylic oxidation sites excluding steroid dienone is 1. The summed E-state index contributed by atoms with van der Waals surface area (Å²) < 4.78 is 11.3. The van der Waals surface area contributed by atoms with Gasteiger partial charge in [-0.05, 0) is 57.8 Å². The van der Waals surface area contributed by atoms with Gasteiger partial charge >= 0.3 is 11.9 Å². The molecule has 7 nitrogen and oxygen atoms in total. The highest BCUT2D eigenvalue weighted by molar-refractivity contribution is 8.13. The quantitative estimate of drug-likeness (QED) is 0.0409. The van der Waals surface area contributed by atoms with Crippen LogP contribution in [0, 0.1) is 0 Å². The predicted octanol–water partition coefficient (Wildman–Crippen LogP) is 10.9. The van der Waals surface area contributed by atoms with Crippen LogP contribution in [0.5, 0.6) is 0 Å². The van der Waals surface area contributed by atoms with Gasteiger partial charge in [0.15, 0.2) is 0 Å². The first kappa shape index (κ1) is 45.5. The number of ether oxygens (including phenoxy) is 2. The second-order valence-corrected chi connectivity index (χ2v) is 14.1. The molecule has 0 aromatic carbocycles. The maximum Gasteiger partial charge on any atom is 0.306 e. The highest BCUT2D eigenvalue weighted by atomic mass is 32.2. The zero-order valence-corrected chi connectivity index (χ0v) is 31.7. The number of esters is 2. The molecule has 0 aliphatic heterocycles. The lowest BCUT2D eigenvalue weighted by Gasteiger charge is -2.23. The number of nitrogens with two attached hydrogens (primary N) is 1. The fourth-order valence-corrected chi connectivity index (χ4v) is 6.25. The van der Waals surface area contributed by atoms with Crippen LogP contribution < -0.4 is 5.73 Å². The number of rotatable bonds is 34. The van der Waals surface area contributed by atoms with Crippen molar-refractivity contribution in [1.29, 1.82) is 0 Å². The Labute approximate surface area is 294 Å². The van der Waals surface area contributed by atoms with Crippen molar-refractivity contribution in [2.45, 2.75) is 187 Å². The van der Waals surface area contributed by atoms with E-state index in [0.29, 0.717) is 51.3 Å². The van der Waals surface area contributed by atoms with E-state index in [1.807, 2.05) is 11.0 Å². The number of amides is 1. The van der Waals surface area contributed by atoms with Crippen LogP contribution in [0.25, 0.3) is 0 Å². The molecule has 0 aliphatic carbocycles. The Morgan fingerprint density at radius 2 is 1.17 bits per heavy atom. The van der Waals surface area contributed by atoms with Gasteiger partial charge in [0.05, 0.1) is 0 Å². The standard InChI is InChI=1S/C39H74N2O5S/c1-4-7-10-13-14-20-25-34-45-37(42)29-23-18-15-19-24-32-41(39(44)47-35-31-40)33-26-30-38(43)46-36(27-21-16-11-8-5-2)28-22-17-12-9-6-3/h20,25,36H,4-19,21-24,26-35,40H2,1-3H3/b25-20-. The summed E-state index contributed by atoms with van der Waals surface area (Å²) in [7, 11) is 0. The molecule has 0 bridgehead atoms. The van der Waals surface area contributed by atoms with Gasteiger partial charge in [0.2, 0.25) is 0 Å². The number of carbonyl (C=O) groups is 3. The summed E-state index contributed by atoms with van der Waals surface area (Å²) in [5, 5.41) is 0.0404. The van der Waals surface area contributed by atoms with Crippen molar-refractivity contribution in [3.05, 3.63) is 12.2 Å². The van der Waals surface area contributed by atoms with Crippen LogP contribution in [0.1, 0.15) is 181 Å². The van der Waals surface area contributed by atoms with E-state index in [2.05, 4.69) is 26.8 Å². The van der Waals surface area contributed by atoms with Gasteiger partial charge in [-0.15, -0.1) is 0 Å². The molecular formula is C39H74N2O5S. The molecule has 2 N–H and O–H groups in total. The lowest BCUT2D eigenvalue weighted by molar-refractivity contribution is -0.150. The topological polar surface area (TPSA) is 98.9 Å². The molecule has 0 fully saturated rings. The van der Waals surface area contributed by atoms with E-state index in [9.17, 15) is 14.4 Å². The molecule has 0 aliphatic rings. The highest BCUT2D eigenvalue weighted by Crippen LogP contribution is 2.18. The first-order valence-electron chi connectivity index (χ1n) is 19.6. The van der Waals surface area contributed by atoms with Gasteiger partial charge in [0, 0.05) is 38.2 Å². The second kappa shape index (κ2) is 35.8. The number of thioether (sulfide) groups is 1. The van der Waals surface area contributed by atoms with Gasteiger partial charge in [-0.3, -0.25) is 14.4 Å². The van der Waals surface area contributed by atoms with Crippen molar-refractivity contribution >= 4 is 28.9 Å². The lowest BCUT2D eigenvalue weighted by atomic mass is 10.0. The summed E-state index contributed by atoms with van der Waals surface area (Å²) in [6, 6.07) is 0. The molecule has 0 radical (unpaired) electrons. The number of unbranched alkanes of at least 4 members (excludes halogenated alkanes) is 16. The zero-order chi connectivity index (χ0) is 34.6. The fraction of sp³-hybridized carbons (Fsp3) is 0.872. The van der Waals surface area contributed by atoms with Crippen LogP contribution in [0.15, 0.2) is 12.2 Å². The molecule has 47 heavy (non-hydrogen) atoms. The van der Waals surface area contributed by atoms with E-state index in [-0.39, 0.29) is 23.3 Å². The number of carbonyl (C=O) groups excluding carboxylic acids is 3. The van der Waals surface area contributed by atoms with Crippen molar-refractivity contribution in [2.75, 3.05) is 32.0 Å². The normalized spacial score (nSPS) is 11.4. The van der Waals surface area contributed by atoms with Gasteiger partial charge in [-0.25, -0.2) is 0 Å². The van der Waals surface area contributed by atoms with Gasteiger partial charge < -0.3 is 20.1 Å². The van der Waals surface area contributed by atoms with E-state index >= 15 is 0 Å². The molecule has 0 heterocycles. The molecule has 8 heteroatoms. The summed E-state index contributed by atoms with van der Waals surface area (Å²) in [6.07, 6.45) is 30.4. The third-order valence-corrected chi connectivity index (χ3v) is 9.45. The Bertz CT molecular complexity index is 750. The monoisotopic (exact) mass is 683 g/mol. The van der Waals surface area contributed by atoms with Crippen molar-refractivity contribution < 1.29 is 23.9 Å². The van der Waals surface area contributed by atoms with Crippen molar-refractivity contribution in [3.8, 4) is 0 Å². The van der Waals surface area contributed by atoms with Crippen molar-refractivity contribution in [2.24, 2.45) is 5.73 Å². The SMILES string of the molecule is CCCCCC/C=C\COC(=O)CCCCCCCN(CCCC(=O)OC(CCCCCCC)CCCCCCC)C(=O)SCCN. The number of hydrogen-bond donors (Lipinski definition) is 1. The van der Waals surface area contributed by atoms with Crippen LogP contribution in [-0.2, 0) is 19.1 Å². The minimum Gasteiger partial charge on any atom is -0.462 e. The summed E-state index contributed by atoms with van der Waals surface area (Å²) in [6.45, 7) is 8.74. The molecule has 0 aromatic heterocycles. The van der Waals surface area contributed by atoms with Gasteiger partial charge in [-0.2, -0.15) is 0 Å². The minimum atomic E-state index is -0.129. The van der Waals surface area contributed by atoms with Crippen molar-refractivity contribution in [3.63, 3.8) is 0 Å². The molecular weight excluding hydrogens is 609 g/mol. The molecule has 0 atom stereocenters. The summed E-state index contributed by atoms with van der Waals surface area (Å²) >= 11 is 1.26. The summed E-state index contributed by atoms with van der Waals surface area (Å²) in [4.78, 5) is 39.5. The molecule has 0 spiro atoms. The number of hydrogen-bond acceptors (Lipinski definition) is 7. The average molecular weight is 683 g/mol. The molecule has 0 saturated heterocycles. The third kappa shape index (κ3) is 31.5. The fourth-order valence-electron chi connectivity index (χ4n) is 5.59. The highest BCUT2D eigenvalue weighted by Gasteiger charge is 2.17. The van der Waals surface area contributed by atoms with E-state index < -0.39 is 0 Å². The molecule has 0 saturated carbocycles. The Hall–Kier alpha value is -1.54. The molecule has 0 rings (SSSR count). The zero-order valence-electron chi connectivity index (χ0n) is 30.9. The van der Waals surface area contributed by atoms with Crippen LogP contribution >= 0.6 is 11.8 Å². The summed E-state index contributed by atoms with van der Waals surface area (Å²) in [5.41, 5.74) is 5.64. The average Bonchev–Trinajstić information content (AvgIpc) is 3.06. The van der Waals surface area contributed by atoms with Crippen molar-refractivity contribution in [1.82, 2.24) is 4.90 Å². The van der Waals surface area contributed by atoms with E-state index in [0.717, 1.165) is 64.2 Å². The van der Waals surface area contributed by atoms with Crippen LogP contribution in [-0.4, -0.2) is 60.2 Å². The summed E-state index contributed by atoms with van der Waals surface area (Å²) in [5.74, 6) is 0.342. The van der Waals surface area contributed by atoms with Gasteiger partial charge in [0.1, 0.15) is 12.7 Å². The smallest absolute Gasteiger partial charge is 0.306 e. The molecule has 0 unspecified atom stereocenters. The molecule has 0 aromatic rings. The Morgan fingerprint density at radius 3 is 1.81 bits per heavy atom. The van der Waals surface area contributed by atoms with E-state index in [1.54, 1.807) is 0 Å². The van der Waals surface area contributed by atoms with E-state index in [4.69, 9.17) is 15.2 Å². The third-order valence-electron chi connectivity index (χ3n) is 8.51. The maximum absolute atomic E-state index is 12.8. The largest absolute Gasteiger partial charge is 0.462 e. The Kier molecular flexibility index (Phi) is 34.6. The van der Waals surface area contributed by atoms with Crippen LogP contribution in [0.4, 0.5) is 4.79 Å².